The number of ether oxygens (including phenoxy) is 1. The number of aryl methyl sites for hydroxylation is 2. The first kappa shape index (κ1) is 18.5. The van der Waals surface area contributed by atoms with Crippen molar-refractivity contribution < 1.29 is 17.9 Å². The average molecular weight is 417 g/mol. The maximum atomic E-state index is 12.8. The van der Waals surface area contributed by atoms with Crippen LogP contribution in [-0.2, 0) is 42.3 Å². The average Bonchev–Trinajstić information content (AvgIpc) is 3.39. The molecule has 0 fully saturated rings. The largest absolute Gasteiger partial charge is 0.477 e. The second kappa shape index (κ2) is 6.76. The second-order valence-electron chi connectivity index (χ2n) is 8.21. The molecule has 8 nitrogen and oxygen atoms in total. The molecule has 0 saturated carbocycles. The summed E-state index contributed by atoms with van der Waals surface area (Å²) >= 11 is 0. The van der Waals surface area contributed by atoms with Crippen molar-refractivity contribution in [2.75, 3.05) is 11.9 Å². The monoisotopic (exact) mass is 416 g/mol. The molecule has 3 aliphatic rings. The van der Waals surface area contributed by atoms with Gasteiger partial charge in [0.1, 0.15) is 0 Å². The third-order valence-corrected chi connectivity index (χ3v) is 7.29. The first-order valence-corrected chi connectivity index (χ1v) is 11.6. The molecule has 0 unspecified atom stereocenters. The van der Waals surface area contributed by atoms with Crippen molar-refractivity contribution in [3.8, 4) is 5.88 Å². The van der Waals surface area contributed by atoms with Crippen LogP contribution in [0.25, 0.3) is 0 Å². The molecule has 2 heterocycles. The number of carbonyl (C=O) groups excluding carboxylic acids is 1. The molecular weight excluding hydrogens is 392 g/mol. The zero-order valence-electron chi connectivity index (χ0n) is 16.3. The zero-order valence-corrected chi connectivity index (χ0v) is 17.1. The van der Waals surface area contributed by atoms with Gasteiger partial charge in [-0.15, -0.1) is 0 Å². The Labute approximate surface area is 169 Å². The van der Waals surface area contributed by atoms with Crippen LogP contribution in [0.4, 0.5) is 10.5 Å². The number of rotatable bonds is 3. The molecule has 9 heteroatoms. The molecule has 1 aromatic heterocycles. The number of amides is 2. The van der Waals surface area contributed by atoms with E-state index >= 15 is 0 Å². The Morgan fingerprint density at radius 3 is 2.55 bits per heavy atom. The molecule has 2 aromatic rings. The summed E-state index contributed by atoms with van der Waals surface area (Å²) in [6.07, 6.45) is 7.20. The van der Waals surface area contributed by atoms with Crippen LogP contribution in [-0.4, -0.2) is 30.8 Å². The summed E-state index contributed by atoms with van der Waals surface area (Å²) in [5, 5.41) is 6.95. The quantitative estimate of drug-likeness (QED) is 0.800. The highest BCUT2D eigenvalue weighted by atomic mass is 32.2. The van der Waals surface area contributed by atoms with E-state index in [0.29, 0.717) is 13.2 Å². The number of benzene rings is 1. The Morgan fingerprint density at radius 1 is 1.17 bits per heavy atom. The van der Waals surface area contributed by atoms with E-state index in [9.17, 15) is 13.2 Å². The molecule has 154 valence electrons. The van der Waals surface area contributed by atoms with Crippen molar-refractivity contribution in [3.05, 3.63) is 34.5 Å². The van der Waals surface area contributed by atoms with Crippen LogP contribution in [0, 0.1) is 5.92 Å². The Morgan fingerprint density at radius 2 is 1.86 bits per heavy atom. The molecule has 29 heavy (non-hydrogen) atoms. The van der Waals surface area contributed by atoms with Gasteiger partial charge in [-0.05, 0) is 60.8 Å². The van der Waals surface area contributed by atoms with E-state index in [-0.39, 0.29) is 16.7 Å². The van der Waals surface area contributed by atoms with Gasteiger partial charge in [0, 0.05) is 11.6 Å². The van der Waals surface area contributed by atoms with Gasteiger partial charge in [-0.3, -0.25) is 0 Å². The molecule has 1 atom stereocenters. The van der Waals surface area contributed by atoms with E-state index in [2.05, 4.69) is 21.2 Å². The van der Waals surface area contributed by atoms with Crippen molar-refractivity contribution in [2.45, 2.75) is 56.9 Å². The van der Waals surface area contributed by atoms with Gasteiger partial charge in [-0.2, -0.15) is 5.10 Å². The van der Waals surface area contributed by atoms with Gasteiger partial charge in [-0.1, -0.05) is 13.0 Å². The molecule has 5 rings (SSSR count). The lowest BCUT2D eigenvalue weighted by atomic mass is 9.99. The summed E-state index contributed by atoms with van der Waals surface area (Å²) < 4.78 is 34.8. The summed E-state index contributed by atoms with van der Waals surface area (Å²) in [5.41, 5.74) is 5.66. The minimum absolute atomic E-state index is 0.108. The number of anilines is 1. The second-order valence-corrected chi connectivity index (χ2v) is 9.86. The van der Waals surface area contributed by atoms with Crippen LogP contribution in [0.2, 0.25) is 0 Å². The van der Waals surface area contributed by atoms with Gasteiger partial charge < -0.3 is 10.1 Å². The van der Waals surface area contributed by atoms with Crippen LogP contribution in [0.1, 0.15) is 42.0 Å². The number of nitrogens with one attached hydrogen (secondary N) is 2. The fourth-order valence-corrected chi connectivity index (χ4v) is 5.65. The Kier molecular flexibility index (Phi) is 4.31. The lowest BCUT2D eigenvalue weighted by Gasteiger charge is -2.21. The van der Waals surface area contributed by atoms with Crippen molar-refractivity contribution in [1.82, 2.24) is 14.5 Å². The van der Waals surface area contributed by atoms with Gasteiger partial charge in [0.2, 0.25) is 5.88 Å². The van der Waals surface area contributed by atoms with E-state index in [4.69, 9.17) is 4.74 Å². The molecule has 2 amide bonds. The standard InChI is InChI=1S/C20H24N4O4S/c1-12-10-24-19(28-11-12)17(9-21-24)29(26,27)23-20(25)22-18-15-6-2-4-13(15)8-14-5-3-7-16(14)18/h8-9,12H,2-7,10-11H2,1H3,(H2,22,23,25)/t12-/m0/s1. The van der Waals surface area contributed by atoms with E-state index < -0.39 is 16.1 Å². The van der Waals surface area contributed by atoms with E-state index in [0.717, 1.165) is 55.3 Å². The fraction of sp³-hybridized carbons (Fsp3) is 0.500. The highest BCUT2D eigenvalue weighted by molar-refractivity contribution is 7.90. The third-order valence-electron chi connectivity index (χ3n) is 5.98. The topological polar surface area (TPSA) is 102 Å². The molecule has 2 aliphatic carbocycles. The summed E-state index contributed by atoms with van der Waals surface area (Å²) in [7, 11) is -4.09. The number of urea groups is 1. The highest BCUT2D eigenvalue weighted by Gasteiger charge is 2.31. The molecule has 0 radical (unpaired) electrons. The minimum atomic E-state index is -4.09. The van der Waals surface area contributed by atoms with Crippen molar-refractivity contribution in [3.63, 3.8) is 0 Å². The zero-order chi connectivity index (χ0) is 20.2. The minimum Gasteiger partial charge on any atom is -0.477 e. The summed E-state index contributed by atoms with van der Waals surface area (Å²) in [4.78, 5) is 12.6. The van der Waals surface area contributed by atoms with Crippen LogP contribution < -0.4 is 14.8 Å². The summed E-state index contributed by atoms with van der Waals surface area (Å²) in [5.74, 6) is 0.432. The molecule has 0 saturated heterocycles. The predicted octanol–water partition coefficient (Wildman–Crippen LogP) is 2.40. The van der Waals surface area contributed by atoms with Gasteiger partial charge >= 0.3 is 6.03 Å². The summed E-state index contributed by atoms with van der Waals surface area (Å²) in [6, 6.07) is 1.52. The van der Waals surface area contributed by atoms with Crippen molar-refractivity contribution >= 4 is 21.7 Å². The Bertz CT molecular complexity index is 1070. The van der Waals surface area contributed by atoms with Crippen LogP contribution in [0.3, 0.4) is 0 Å². The number of carbonyl (C=O) groups is 1. The lowest BCUT2D eigenvalue weighted by molar-refractivity contribution is 0.170. The van der Waals surface area contributed by atoms with Crippen LogP contribution in [0.5, 0.6) is 5.88 Å². The van der Waals surface area contributed by atoms with Gasteiger partial charge in [0.15, 0.2) is 4.90 Å². The Balaban J connectivity index is 1.40. The number of hydrogen-bond donors (Lipinski definition) is 2. The molecule has 1 aliphatic heterocycles. The van der Waals surface area contributed by atoms with E-state index in [1.165, 1.54) is 22.0 Å². The molecular formula is C20H24N4O4S. The summed E-state index contributed by atoms with van der Waals surface area (Å²) in [6.45, 7) is 3.00. The third kappa shape index (κ3) is 3.17. The smallest absolute Gasteiger partial charge is 0.333 e. The number of nitrogens with zero attached hydrogens (tertiary/aromatic N) is 2. The van der Waals surface area contributed by atoms with Crippen LogP contribution in [0.15, 0.2) is 17.2 Å². The van der Waals surface area contributed by atoms with E-state index in [1.54, 1.807) is 0 Å². The molecule has 1 aromatic carbocycles. The first-order chi connectivity index (χ1) is 13.9. The number of fused-ring (bicyclic) bond motifs is 3. The maximum Gasteiger partial charge on any atom is 0.333 e. The first-order valence-electron chi connectivity index (χ1n) is 10.1. The predicted molar refractivity (Wildman–Crippen MR) is 107 cm³/mol. The normalized spacial score (nSPS) is 19.8. The van der Waals surface area contributed by atoms with Crippen molar-refractivity contribution in [1.29, 1.82) is 0 Å². The maximum absolute atomic E-state index is 12.8. The molecule has 0 spiro atoms. The fourth-order valence-electron chi connectivity index (χ4n) is 4.67. The number of sulfonamides is 1. The number of hydrogen-bond acceptors (Lipinski definition) is 5. The highest BCUT2D eigenvalue weighted by Crippen LogP contribution is 2.38. The van der Waals surface area contributed by atoms with Crippen molar-refractivity contribution in [2.24, 2.45) is 5.92 Å². The van der Waals surface area contributed by atoms with Crippen LogP contribution >= 0.6 is 0 Å². The van der Waals surface area contributed by atoms with Gasteiger partial charge in [-0.25, -0.2) is 22.6 Å². The van der Waals surface area contributed by atoms with E-state index in [1.807, 2.05) is 6.92 Å². The van der Waals surface area contributed by atoms with Gasteiger partial charge in [0.05, 0.1) is 19.3 Å². The number of aromatic nitrogens is 2. The van der Waals surface area contributed by atoms with Gasteiger partial charge in [0.25, 0.3) is 10.0 Å². The molecule has 0 bridgehead atoms. The lowest BCUT2D eigenvalue weighted by Crippen LogP contribution is -2.35. The Hall–Kier alpha value is -2.55. The SMILES string of the molecule is C[C@@H]1COc2c(S(=O)(=O)NC(=O)Nc3c4c(cc5c3CCC5)CCC4)cnn2C1. The molecule has 2 N–H and O–H groups in total.